The summed E-state index contributed by atoms with van der Waals surface area (Å²) in [5.41, 5.74) is 1.26. The molecule has 0 radical (unpaired) electrons. The van der Waals surface area contributed by atoms with Gasteiger partial charge in [0.2, 0.25) is 17.7 Å². The van der Waals surface area contributed by atoms with Crippen LogP contribution in [0.3, 0.4) is 0 Å². The van der Waals surface area contributed by atoms with Gasteiger partial charge in [-0.1, -0.05) is 0 Å². The molecule has 0 atom stereocenters. The van der Waals surface area contributed by atoms with E-state index in [1.807, 2.05) is 0 Å². The Bertz CT molecular complexity index is 1060. The lowest BCUT2D eigenvalue weighted by molar-refractivity contribution is -0.117. The minimum Gasteiger partial charge on any atom is -0.497 e. The highest BCUT2D eigenvalue weighted by atomic mass is 19.1. The average Bonchev–Trinajstić information content (AvgIpc) is 3.30. The van der Waals surface area contributed by atoms with E-state index in [0.717, 1.165) is 25.9 Å². The van der Waals surface area contributed by atoms with Crippen LogP contribution in [-0.2, 0) is 4.79 Å². The third kappa shape index (κ3) is 5.05. The van der Waals surface area contributed by atoms with Crippen molar-refractivity contribution in [3.05, 3.63) is 54.2 Å². The van der Waals surface area contributed by atoms with Gasteiger partial charge in [-0.05, 0) is 62.3 Å². The third-order valence-corrected chi connectivity index (χ3v) is 5.52. The average molecular weight is 440 g/mol. The second-order valence-corrected chi connectivity index (χ2v) is 7.62. The SMILES string of the molecule is COc1ccc(OC)c(NC(=O)CN2CCC(c3nnc(-c4ccc(F)cc4)o3)CC2)c1. The number of benzene rings is 2. The molecule has 0 aliphatic carbocycles. The molecule has 0 unspecified atom stereocenters. The van der Waals surface area contributed by atoms with Crippen molar-refractivity contribution < 1.29 is 23.1 Å². The molecule has 1 N–H and O–H groups in total. The first-order valence-electron chi connectivity index (χ1n) is 10.4. The number of halogens is 1. The van der Waals surface area contributed by atoms with Crippen LogP contribution in [0.25, 0.3) is 11.5 Å². The number of rotatable bonds is 7. The van der Waals surface area contributed by atoms with E-state index < -0.39 is 0 Å². The van der Waals surface area contributed by atoms with Gasteiger partial charge < -0.3 is 19.2 Å². The summed E-state index contributed by atoms with van der Waals surface area (Å²) in [6, 6.07) is 11.2. The Morgan fingerprint density at radius 3 is 2.56 bits per heavy atom. The van der Waals surface area contributed by atoms with Crippen LogP contribution >= 0.6 is 0 Å². The Morgan fingerprint density at radius 1 is 1.12 bits per heavy atom. The summed E-state index contributed by atoms with van der Waals surface area (Å²) in [4.78, 5) is 14.7. The molecule has 0 saturated carbocycles. The lowest BCUT2D eigenvalue weighted by atomic mass is 9.97. The lowest BCUT2D eigenvalue weighted by Crippen LogP contribution is -2.38. The monoisotopic (exact) mass is 440 g/mol. The third-order valence-electron chi connectivity index (χ3n) is 5.52. The van der Waals surface area contributed by atoms with Gasteiger partial charge in [0.05, 0.1) is 26.5 Å². The zero-order valence-electron chi connectivity index (χ0n) is 18.0. The van der Waals surface area contributed by atoms with Gasteiger partial charge in [0.15, 0.2) is 0 Å². The molecule has 9 heteroatoms. The fourth-order valence-electron chi connectivity index (χ4n) is 3.75. The second kappa shape index (κ2) is 9.78. The van der Waals surface area contributed by atoms with Crippen molar-refractivity contribution in [3.8, 4) is 23.0 Å². The molecule has 8 nitrogen and oxygen atoms in total. The highest BCUT2D eigenvalue weighted by molar-refractivity contribution is 5.94. The van der Waals surface area contributed by atoms with Crippen LogP contribution in [0.4, 0.5) is 10.1 Å². The molecule has 0 spiro atoms. The Balaban J connectivity index is 1.31. The van der Waals surface area contributed by atoms with Gasteiger partial charge in [-0.15, -0.1) is 10.2 Å². The van der Waals surface area contributed by atoms with E-state index in [0.29, 0.717) is 34.5 Å². The first-order valence-corrected chi connectivity index (χ1v) is 10.4. The molecule has 1 amide bonds. The highest BCUT2D eigenvalue weighted by Crippen LogP contribution is 2.31. The zero-order chi connectivity index (χ0) is 22.5. The van der Waals surface area contributed by atoms with Crippen LogP contribution in [0.15, 0.2) is 46.9 Å². The second-order valence-electron chi connectivity index (χ2n) is 7.62. The fraction of sp³-hybridized carbons (Fsp3) is 0.348. The number of ether oxygens (including phenoxy) is 2. The number of carbonyl (C=O) groups excluding carboxylic acids is 1. The van der Waals surface area contributed by atoms with Gasteiger partial charge in [0.25, 0.3) is 0 Å². The van der Waals surface area contributed by atoms with Gasteiger partial charge in [0, 0.05) is 17.5 Å². The number of amides is 1. The number of hydrogen-bond donors (Lipinski definition) is 1. The molecule has 2 heterocycles. The maximum absolute atomic E-state index is 13.1. The Morgan fingerprint density at radius 2 is 1.88 bits per heavy atom. The molecular formula is C23H25FN4O4. The smallest absolute Gasteiger partial charge is 0.247 e. The normalized spacial score (nSPS) is 14.8. The summed E-state index contributed by atoms with van der Waals surface area (Å²) in [5, 5.41) is 11.2. The van der Waals surface area contributed by atoms with Gasteiger partial charge >= 0.3 is 0 Å². The first-order chi connectivity index (χ1) is 15.6. The van der Waals surface area contributed by atoms with E-state index >= 15 is 0 Å². The van der Waals surface area contributed by atoms with Gasteiger partial charge in [-0.3, -0.25) is 9.69 Å². The van der Waals surface area contributed by atoms with Crippen molar-refractivity contribution in [2.24, 2.45) is 0 Å². The van der Waals surface area contributed by atoms with Crippen LogP contribution in [0.2, 0.25) is 0 Å². The number of nitrogens with zero attached hydrogens (tertiary/aromatic N) is 3. The molecule has 4 rings (SSSR count). The van der Waals surface area contributed by atoms with Gasteiger partial charge in [0.1, 0.15) is 17.3 Å². The molecule has 2 aromatic carbocycles. The molecule has 168 valence electrons. The van der Waals surface area contributed by atoms with Crippen molar-refractivity contribution >= 4 is 11.6 Å². The summed E-state index contributed by atoms with van der Waals surface area (Å²) in [6.07, 6.45) is 1.61. The van der Waals surface area contributed by atoms with Crippen molar-refractivity contribution in [3.63, 3.8) is 0 Å². The van der Waals surface area contributed by atoms with Gasteiger partial charge in [-0.2, -0.15) is 0 Å². The number of nitrogens with one attached hydrogen (secondary N) is 1. The van der Waals surface area contributed by atoms with Crippen LogP contribution in [0.1, 0.15) is 24.7 Å². The highest BCUT2D eigenvalue weighted by Gasteiger charge is 2.26. The van der Waals surface area contributed by atoms with Crippen molar-refractivity contribution in [1.82, 2.24) is 15.1 Å². The first kappa shape index (κ1) is 21.8. The van der Waals surface area contributed by atoms with Crippen LogP contribution in [0.5, 0.6) is 11.5 Å². The minimum absolute atomic E-state index is 0.119. The predicted octanol–water partition coefficient (Wildman–Crippen LogP) is 3.71. The molecular weight excluding hydrogens is 415 g/mol. The van der Waals surface area contributed by atoms with E-state index in [1.54, 1.807) is 44.6 Å². The molecule has 32 heavy (non-hydrogen) atoms. The Labute approximate surface area is 185 Å². The number of piperidine rings is 1. The largest absolute Gasteiger partial charge is 0.497 e. The molecule has 1 fully saturated rings. The van der Waals surface area contributed by atoms with Crippen molar-refractivity contribution in [2.75, 3.05) is 39.2 Å². The Kier molecular flexibility index (Phi) is 6.65. The van der Waals surface area contributed by atoms with E-state index in [4.69, 9.17) is 13.9 Å². The molecule has 1 aliphatic rings. The summed E-state index contributed by atoms with van der Waals surface area (Å²) < 4.78 is 29.5. The summed E-state index contributed by atoms with van der Waals surface area (Å²) in [5.74, 6) is 1.88. The summed E-state index contributed by atoms with van der Waals surface area (Å²) in [7, 11) is 3.13. The fourth-order valence-corrected chi connectivity index (χ4v) is 3.75. The number of carbonyl (C=O) groups is 1. The number of likely N-dealkylation sites (tertiary alicyclic amines) is 1. The molecule has 1 aromatic heterocycles. The topological polar surface area (TPSA) is 89.7 Å². The molecule has 1 aliphatic heterocycles. The Hall–Kier alpha value is -3.46. The summed E-state index contributed by atoms with van der Waals surface area (Å²) >= 11 is 0. The van der Waals surface area contributed by atoms with Gasteiger partial charge in [-0.25, -0.2) is 4.39 Å². The van der Waals surface area contributed by atoms with E-state index in [2.05, 4.69) is 20.4 Å². The standard InChI is InChI=1S/C23H25FN4O4/c1-30-18-7-8-20(31-2)19(13-18)25-21(29)14-28-11-9-16(10-12-28)23-27-26-22(32-23)15-3-5-17(24)6-4-15/h3-8,13,16H,9-12,14H2,1-2H3,(H,25,29). The predicted molar refractivity (Wildman–Crippen MR) is 116 cm³/mol. The van der Waals surface area contributed by atoms with E-state index in [1.165, 1.54) is 12.1 Å². The minimum atomic E-state index is -0.310. The maximum Gasteiger partial charge on any atom is 0.247 e. The quantitative estimate of drug-likeness (QED) is 0.599. The zero-order valence-corrected chi connectivity index (χ0v) is 18.0. The number of aromatic nitrogens is 2. The van der Waals surface area contributed by atoms with Crippen molar-refractivity contribution in [1.29, 1.82) is 0 Å². The van der Waals surface area contributed by atoms with Crippen LogP contribution in [0, 0.1) is 5.82 Å². The number of methoxy groups -OCH3 is 2. The molecule has 0 bridgehead atoms. The molecule has 1 saturated heterocycles. The number of hydrogen-bond acceptors (Lipinski definition) is 7. The van der Waals surface area contributed by atoms with Crippen molar-refractivity contribution in [2.45, 2.75) is 18.8 Å². The number of anilines is 1. The van der Waals surface area contributed by atoms with E-state index in [-0.39, 0.29) is 24.2 Å². The van der Waals surface area contributed by atoms with Crippen LogP contribution in [-0.4, -0.2) is 54.9 Å². The van der Waals surface area contributed by atoms with Crippen LogP contribution < -0.4 is 14.8 Å². The molecule has 3 aromatic rings. The maximum atomic E-state index is 13.1. The van der Waals surface area contributed by atoms with E-state index in [9.17, 15) is 9.18 Å². The summed E-state index contributed by atoms with van der Waals surface area (Å²) in [6.45, 7) is 1.75. The lowest BCUT2D eigenvalue weighted by Gasteiger charge is -2.29.